The molecule has 1 aliphatic carbocycles. The smallest absolute Gasteiger partial charge is 0.304 e. The van der Waals surface area contributed by atoms with Gasteiger partial charge in [0.2, 0.25) is 5.91 Å². The predicted molar refractivity (Wildman–Crippen MR) is 160 cm³/mol. The van der Waals surface area contributed by atoms with Gasteiger partial charge in [-0.25, -0.2) is 14.4 Å². The molecule has 3 aliphatic rings. The summed E-state index contributed by atoms with van der Waals surface area (Å²) in [5.41, 5.74) is 3.33. The molecule has 2 aliphatic heterocycles. The molecule has 1 N–H and O–H groups in total. The Bertz CT molecular complexity index is 1450. The van der Waals surface area contributed by atoms with E-state index >= 15 is 0 Å². The standard InChI is InChI=1S/C32H35FN4O4S/c33-26-14-16-36(31(26)41)28-13-12-21(18-34-28)23-9-3-4-11-24(23)27-19-42-32(35-27)37-15-6-5-10-22(20-7-1-2-8-20)25(30(37)40)17-29(38)39/h3-4,9,11-13,18-20,22,25-26H,1-2,5-8,10,14-17H2,(H,38,39)/t22-,25+,26-/m1/s1. The molecule has 3 aromatic rings. The molecule has 0 radical (unpaired) electrons. The summed E-state index contributed by atoms with van der Waals surface area (Å²) in [6.45, 7) is 0.843. The highest BCUT2D eigenvalue weighted by molar-refractivity contribution is 7.14. The molecular formula is C32H35FN4O4S. The highest BCUT2D eigenvalue weighted by Gasteiger charge is 2.40. The number of thiazole rings is 1. The summed E-state index contributed by atoms with van der Waals surface area (Å²) in [6, 6.07) is 11.4. The number of nitrogens with zero attached hydrogens (tertiary/aromatic N) is 4. The number of pyridine rings is 1. The Kier molecular flexibility index (Phi) is 8.33. The van der Waals surface area contributed by atoms with Crippen LogP contribution in [0.4, 0.5) is 15.3 Å². The number of anilines is 2. The van der Waals surface area contributed by atoms with E-state index < -0.39 is 24.0 Å². The molecule has 2 saturated heterocycles. The van der Waals surface area contributed by atoms with Crippen molar-refractivity contribution in [1.82, 2.24) is 9.97 Å². The molecule has 6 rings (SSSR count). The number of carboxylic acids is 1. The number of hydrogen-bond acceptors (Lipinski definition) is 6. The quantitative estimate of drug-likeness (QED) is 0.343. The fraction of sp³-hybridized carbons (Fsp3) is 0.469. The molecule has 2 amide bonds. The summed E-state index contributed by atoms with van der Waals surface area (Å²) in [7, 11) is 0. The van der Waals surface area contributed by atoms with Crippen LogP contribution in [0.5, 0.6) is 0 Å². The van der Waals surface area contributed by atoms with Crippen molar-refractivity contribution in [2.24, 2.45) is 17.8 Å². The van der Waals surface area contributed by atoms with E-state index in [0.717, 1.165) is 67.3 Å². The van der Waals surface area contributed by atoms with Gasteiger partial charge in [-0.05, 0) is 42.4 Å². The molecule has 2 aromatic heterocycles. The van der Waals surface area contributed by atoms with Crippen LogP contribution in [-0.4, -0.2) is 52.1 Å². The zero-order valence-electron chi connectivity index (χ0n) is 23.5. The third kappa shape index (κ3) is 5.69. The molecule has 10 heteroatoms. The first-order valence-electron chi connectivity index (χ1n) is 14.9. The SMILES string of the molecule is O=C(O)C[C@@H]1C(=O)N(c2nc(-c3ccccc3-c3ccc(N4CC[C@@H](F)C4=O)nc3)cs2)CCCC[C@@H]1C1CCCC1. The van der Waals surface area contributed by atoms with Crippen LogP contribution < -0.4 is 9.80 Å². The highest BCUT2D eigenvalue weighted by atomic mass is 32.1. The first-order valence-corrected chi connectivity index (χ1v) is 15.8. The normalized spacial score (nSPS) is 23.8. The van der Waals surface area contributed by atoms with E-state index in [4.69, 9.17) is 4.98 Å². The van der Waals surface area contributed by atoms with E-state index in [0.29, 0.717) is 30.0 Å². The Hall–Kier alpha value is -3.66. The van der Waals surface area contributed by atoms with Crippen LogP contribution in [0.25, 0.3) is 22.4 Å². The maximum Gasteiger partial charge on any atom is 0.304 e. The number of rotatable bonds is 7. The number of halogens is 1. The lowest BCUT2D eigenvalue weighted by Crippen LogP contribution is -2.44. The number of aromatic nitrogens is 2. The van der Waals surface area contributed by atoms with Crippen LogP contribution in [0.3, 0.4) is 0 Å². The molecule has 0 unspecified atom stereocenters. The molecule has 3 fully saturated rings. The average Bonchev–Trinajstić information content (AvgIpc) is 3.76. The number of alkyl halides is 1. The molecule has 3 atom stereocenters. The minimum absolute atomic E-state index is 0.0983. The second-order valence-electron chi connectivity index (χ2n) is 11.6. The lowest BCUT2D eigenvalue weighted by molar-refractivity contribution is -0.142. The number of carboxylic acid groups (broad SMARTS) is 1. The zero-order valence-corrected chi connectivity index (χ0v) is 24.3. The summed E-state index contributed by atoms with van der Waals surface area (Å²) in [5, 5.41) is 12.3. The van der Waals surface area contributed by atoms with Gasteiger partial charge in [-0.3, -0.25) is 24.2 Å². The molecule has 1 aromatic carbocycles. The van der Waals surface area contributed by atoms with E-state index in [-0.39, 0.29) is 24.7 Å². The van der Waals surface area contributed by atoms with Gasteiger partial charge in [0.1, 0.15) is 5.82 Å². The number of carbonyl (C=O) groups excluding carboxylic acids is 2. The Morgan fingerprint density at radius 2 is 1.69 bits per heavy atom. The number of benzene rings is 1. The molecule has 0 spiro atoms. The summed E-state index contributed by atoms with van der Waals surface area (Å²) in [5.74, 6) is -1.19. The van der Waals surface area contributed by atoms with Crippen LogP contribution >= 0.6 is 11.3 Å². The molecule has 8 nitrogen and oxygen atoms in total. The third-order valence-corrected chi connectivity index (χ3v) is 9.93. The average molecular weight is 591 g/mol. The van der Waals surface area contributed by atoms with E-state index in [1.807, 2.05) is 35.7 Å². The van der Waals surface area contributed by atoms with Gasteiger partial charge in [-0.2, -0.15) is 0 Å². The van der Waals surface area contributed by atoms with Crippen LogP contribution in [0, 0.1) is 17.8 Å². The maximum atomic E-state index is 14.0. The molecule has 0 bridgehead atoms. The Balaban J connectivity index is 1.27. The van der Waals surface area contributed by atoms with Gasteiger partial charge < -0.3 is 5.11 Å². The number of amides is 2. The Morgan fingerprint density at radius 3 is 2.38 bits per heavy atom. The third-order valence-electron chi connectivity index (χ3n) is 9.07. The van der Waals surface area contributed by atoms with Gasteiger partial charge in [-0.15, -0.1) is 11.3 Å². The van der Waals surface area contributed by atoms with Crippen molar-refractivity contribution in [3.8, 4) is 22.4 Å². The van der Waals surface area contributed by atoms with Crippen molar-refractivity contribution in [3.63, 3.8) is 0 Å². The number of aliphatic carboxylic acids is 1. The van der Waals surface area contributed by atoms with Crippen molar-refractivity contribution in [1.29, 1.82) is 0 Å². The molecule has 220 valence electrons. The van der Waals surface area contributed by atoms with Crippen molar-refractivity contribution in [3.05, 3.63) is 48.0 Å². The summed E-state index contributed by atoms with van der Waals surface area (Å²) < 4.78 is 13.7. The van der Waals surface area contributed by atoms with Crippen molar-refractivity contribution < 1.29 is 23.9 Å². The minimum atomic E-state index is -1.47. The van der Waals surface area contributed by atoms with Crippen LogP contribution in [0.15, 0.2) is 48.0 Å². The van der Waals surface area contributed by atoms with Crippen molar-refractivity contribution in [2.45, 2.75) is 64.0 Å². The van der Waals surface area contributed by atoms with E-state index in [2.05, 4.69) is 4.98 Å². The van der Waals surface area contributed by atoms with E-state index in [1.54, 1.807) is 17.2 Å². The fourth-order valence-corrected chi connectivity index (χ4v) is 7.82. The minimum Gasteiger partial charge on any atom is -0.481 e. The van der Waals surface area contributed by atoms with Crippen LogP contribution in [-0.2, 0) is 14.4 Å². The maximum absolute atomic E-state index is 14.0. The van der Waals surface area contributed by atoms with Crippen molar-refractivity contribution in [2.75, 3.05) is 22.9 Å². The van der Waals surface area contributed by atoms with E-state index in [9.17, 15) is 23.9 Å². The number of hydrogen-bond donors (Lipinski definition) is 1. The van der Waals surface area contributed by atoms with Gasteiger partial charge in [0.15, 0.2) is 11.3 Å². The molecular weight excluding hydrogens is 555 g/mol. The van der Waals surface area contributed by atoms with Crippen LogP contribution in [0.1, 0.15) is 57.8 Å². The highest BCUT2D eigenvalue weighted by Crippen LogP contribution is 2.42. The topological polar surface area (TPSA) is 104 Å². The van der Waals surface area contributed by atoms with Crippen molar-refractivity contribution >= 4 is 40.1 Å². The van der Waals surface area contributed by atoms with Gasteiger partial charge in [-0.1, -0.05) is 56.4 Å². The first-order chi connectivity index (χ1) is 20.4. The summed E-state index contributed by atoms with van der Waals surface area (Å²) >= 11 is 1.40. The summed E-state index contributed by atoms with van der Waals surface area (Å²) in [4.78, 5) is 50.4. The Morgan fingerprint density at radius 1 is 0.929 bits per heavy atom. The lowest BCUT2D eigenvalue weighted by Gasteiger charge is -2.35. The Labute approximate surface area is 248 Å². The second kappa shape index (κ2) is 12.3. The largest absolute Gasteiger partial charge is 0.481 e. The number of carbonyl (C=O) groups is 3. The first kappa shape index (κ1) is 28.5. The summed E-state index contributed by atoms with van der Waals surface area (Å²) in [6.07, 6.45) is 7.44. The molecule has 4 heterocycles. The van der Waals surface area contributed by atoms with Gasteiger partial charge in [0, 0.05) is 42.2 Å². The fourth-order valence-electron chi connectivity index (χ4n) is 6.96. The van der Waals surface area contributed by atoms with Crippen LogP contribution in [0.2, 0.25) is 0 Å². The second-order valence-corrected chi connectivity index (χ2v) is 12.4. The zero-order chi connectivity index (χ0) is 29.2. The lowest BCUT2D eigenvalue weighted by atomic mass is 9.74. The molecule has 42 heavy (non-hydrogen) atoms. The van der Waals surface area contributed by atoms with Gasteiger partial charge in [0.05, 0.1) is 18.0 Å². The van der Waals surface area contributed by atoms with E-state index in [1.165, 1.54) is 16.2 Å². The molecule has 1 saturated carbocycles. The monoisotopic (exact) mass is 590 g/mol. The van der Waals surface area contributed by atoms with Gasteiger partial charge in [0.25, 0.3) is 5.91 Å². The van der Waals surface area contributed by atoms with Gasteiger partial charge >= 0.3 is 5.97 Å². The predicted octanol–water partition coefficient (Wildman–Crippen LogP) is 6.36.